The Morgan fingerprint density at radius 1 is 1.16 bits per heavy atom. The maximum Gasteiger partial charge on any atom is 0.138 e. The van der Waals surface area contributed by atoms with Crippen molar-refractivity contribution in [1.29, 1.82) is 5.26 Å². The topological polar surface area (TPSA) is 98.4 Å². The summed E-state index contributed by atoms with van der Waals surface area (Å²) >= 11 is 0. The zero-order chi connectivity index (χ0) is 21.7. The molecule has 4 aromatic heterocycles. The zero-order valence-corrected chi connectivity index (χ0v) is 17.3. The lowest BCUT2D eigenvalue weighted by molar-refractivity contribution is 0.225. The summed E-state index contributed by atoms with van der Waals surface area (Å²) in [5.41, 5.74) is 4.29. The Labute approximate surface area is 183 Å². The van der Waals surface area contributed by atoms with Crippen LogP contribution in [0.15, 0.2) is 42.9 Å². The van der Waals surface area contributed by atoms with Gasteiger partial charge in [0.2, 0.25) is 0 Å². The van der Waals surface area contributed by atoms with Gasteiger partial charge in [-0.05, 0) is 30.7 Å². The molecule has 8 nitrogen and oxygen atoms in total. The Morgan fingerprint density at radius 2 is 2.00 bits per heavy atom. The quantitative estimate of drug-likeness (QED) is 0.507. The number of aromatic amines is 1. The standard InChI is InChI=1S/C23H21FN8/c24-4-6-32-5-3-19(30-32)20-8-18-22(15(9-25)11-27-23(18)29-20)14-1-2-21(26-10-14)31-12-16-7-17(13-31)28-16/h1-3,5,8,10-11,16-17,28H,4,6-7,12-13H2,(H,27,29). The molecule has 9 heteroatoms. The molecule has 0 amide bonds. The van der Waals surface area contributed by atoms with E-state index < -0.39 is 6.67 Å². The molecule has 0 aliphatic carbocycles. The zero-order valence-electron chi connectivity index (χ0n) is 17.3. The van der Waals surface area contributed by atoms with Crippen LogP contribution in [-0.4, -0.2) is 56.6 Å². The number of alkyl halides is 1. The summed E-state index contributed by atoms with van der Waals surface area (Å²) in [5, 5.41) is 18.5. The molecule has 3 aliphatic rings. The van der Waals surface area contributed by atoms with Crippen molar-refractivity contribution in [3.63, 3.8) is 0 Å². The number of hydrogen-bond acceptors (Lipinski definition) is 6. The van der Waals surface area contributed by atoms with E-state index in [1.54, 1.807) is 17.1 Å². The van der Waals surface area contributed by atoms with Gasteiger partial charge in [-0.25, -0.2) is 14.4 Å². The number of fused-ring (bicyclic) bond motifs is 3. The van der Waals surface area contributed by atoms with E-state index in [-0.39, 0.29) is 6.54 Å². The number of H-pyrrole nitrogens is 1. The molecular formula is C23H21FN8. The maximum absolute atomic E-state index is 12.6. The minimum absolute atomic E-state index is 0.217. The summed E-state index contributed by atoms with van der Waals surface area (Å²) in [7, 11) is 0. The van der Waals surface area contributed by atoms with Gasteiger partial charge in [0.05, 0.1) is 17.8 Å². The number of halogens is 1. The van der Waals surface area contributed by atoms with Gasteiger partial charge >= 0.3 is 0 Å². The maximum atomic E-state index is 12.6. The van der Waals surface area contributed by atoms with Gasteiger partial charge in [0, 0.05) is 60.3 Å². The molecule has 2 N–H and O–H groups in total. The van der Waals surface area contributed by atoms with Crippen LogP contribution in [0.5, 0.6) is 0 Å². The van der Waals surface area contributed by atoms with Crippen molar-refractivity contribution in [1.82, 2.24) is 30.0 Å². The predicted molar refractivity (Wildman–Crippen MR) is 119 cm³/mol. The molecule has 7 heterocycles. The summed E-state index contributed by atoms with van der Waals surface area (Å²) in [4.78, 5) is 14.7. The largest absolute Gasteiger partial charge is 0.353 e. The summed E-state index contributed by atoms with van der Waals surface area (Å²) in [6, 6.07) is 11.2. The molecule has 2 atom stereocenters. The van der Waals surface area contributed by atoms with Crippen LogP contribution in [0.4, 0.5) is 10.2 Å². The van der Waals surface area contributed by atoms with E-state index in [9.17, 15) is 9.65 Å². The van der Waals surface area contributed by atoms with Crippen LogP contribution in [0.3, 0.4) is 0 Å². The number of piperazine rings is 1. The molecule has 0 spiro atoms. The van der Waals surface area contributed by atoms with Crippen LogP contribution >= 0.6 is 0 Å². The van der Waals surface area contributed by atoms with E-state index in [1.165, 1.54) is 6.42 Å². The average Bonchev–Trinajstić information content (AvgIpc) is 3.45. The number of aryl methyl sites for hydroxylation is 1. The Balaban J connectivity index is 1.38. The first kappa shape index (κ1) is 19.0. The van der Waals surface area contributed by atoms with Gasteiger partial charge in [0.1, 0.15) is 29.9 Å². The van der Waals surface area contributed by atoms with Crippen LogP contribution in [-0.2, 0) is 6.54 Å². The fourth-order valence-corrected chi connectivity index (χ4v) is 4.75. The molecule has 3 fully saturated rings. The van der Waals surface area contributed by atoms with Crippen molar-refractivity contribution in [3.8, 4) is 28.6 Å². The van der Waals surface area contributed by atoms with E-state index in [2.05, 4.69) is 31.4 Å². The van der Waals surface area contributed by atoms with Crippen LogP contribution in [0.2, 0.25) is 0 Å². The first-order chi connectivity index (χ1) is 15.7. The highest BCUT2D eigenvalue weighted by Gasteiger charge is 2.36. The third-order valence-electron chi connectivity index (χ3n) is 6.29. The van der Waals surface area contributed by atoms with Crippen LogP contribution in [0.25, 0.3) is 33.5 Å². The number of nitriles is 1. The van der Waals surface area contributed by atoms with Crippen LogP contribution in [0.1, 0.15) is 12.0 Å². The van der Waals surface area contributed by atoms with E-state index in [1.807, 2.05) is 30.5 Å². The third kappa shape index (κ3) is 3.11. The molecule has 2 unspecified atom stereocenters. The minimum Gasteiger partial charge on any atom is -0.353 e. The second-order valence-electron chi connectivity index (χ2n) is 8.36. The molecule has 7 rings (SSSR count). The highest BCUT2D eigenvalue weighted by atomic mass is 19.1. The van der Waals surface area contributed by atoms with Crippen molar-refractivity contribution >= 4 is 16.9 Å². The van der Waals surface area contributed by atoms with E-state index >= 15 is 0 Å². The van der Waals surface area contributed by atoms with Gasteiger partial charge in [-0.2, -0.15) is 10.4 Å². The molecule has 3 saturated heterocycles. The van der Waals surface area contributed by atoms with Gasteiger partial charge in [0.25, 0.3) is 0 Å². The normalized spacial score (nSPS) is 19.7. The lowest BCUT2D eigenvalue weighted by atomic mass is 9.91. The Kier molecular flexibility index (Phi) is 4.40. The predicted octanol–water partition coefficient (Wildman–Crippen LogP) is 2.88. The molecule has 4 aromatic rings. The molecule has 3 aliphatic heterocycles. The lowest BCUT2D eigenvalue weighted by Gasteiger charge is -2.48. The average molecular weight is 428 g/mol. The molecule has 32 heavy (non-hydrogen) atoms. The fraction of sp³-hybridized carbons (Fsp3) is 0.304. The number of nitrogens with one attached hydrogen (secondary N) is 2. The summed E-state index contributed by atoms with van der Waals surface area (Å²) in [6.45, 7) is 1.70. The van der Waals surface area contributed by atoms with Crippen LogP contribution < -0.4 is 10.2 Å². The third-order valence-corrected chi connectivity index (χ3v) is 6.29. The van der Waals surface area contributed by atoms with Gasteiger partial charge in [-0.1, -0.05) is 0 Å². The summed E-state index contributed by atoms with van der Waals surface area (Å²) in [5.74, 6) is 0.960. The molecule has 0 saturated carbocycles. The van der Waals surface area contributed by atoms with Crippen molar-refractivity contribution < 1.29 is 4.39 Å². The highest BCUT2D eigenvalue weighted by molar-refractivity contribution is 5.98. The molecule has 160 valence electrons. The molecule has 0 aromatic carbocycles. The molecule has 2 bridgehead atoms. The number of aromatic nitrogens is 5. The van der Waals surface area contributed by atoms with Crippen molar-refractivity contribution in [2.45, 2.75) is 25.0 Å². The second-order valence-corrected chi connectivity index (χ2v) is 8.36. The first-order valence-corrected chi connectivity index (χ1v) is 10.7. The SMILES string of the molecule is N#Cc1cnc2[nH]c(-c3ccn(CCF)n3)cc2c1-c1ccc(N2CC3CC(C2)N3)nc1. The molecule has 0 radical (unpaired) electrons. The lowest BCUT2D eigenvalue weighted by Crippen LogP contribution is -2.67. The van der Waals surface area contributed by atoms with Crippen molar-refractivity contribution in [3.05, 3.63) is 48.4 Å². The van der Waals surface area contributed by atoms with Gasteiger partial charge in [-0.3, -0.25) is 4.68 Å². The van der Waals surface area contributed by atoms with E-state index in [0.29, 0.717) is 29.0 Å². The van der Waals surface area contributed by atoms with E-state index in [0.717, 1.165) is 41.1 Å². The Hall–Kier alpha value is -3.77. The Bertz CT molecular complexity index is 1320. The van der Waals surface area contributed by atoms with E-state index in [4.69, 9.17) is 4.98 Å². The number of pyridine rings is 2. The van der Waals surface area contributed by atoms with Crippen molar-refractivity contribution in [2.75, 3.05) is 24.7 Å². The second kappa shape index (κ2) is 7.43. The number of nitrogens with zero attached hydrogens (tertiary/aromatic N) is 6. The smallest absolute Gasteiger partial charge is 0.138 e. The van der Waals surface area contributed by atoms with Gasteiger partial charge in [0.15, 0.2) is 0 Å². The Morgan fingerprint density at radius 3 is 2.72 bits per heavy atom. The number of anilines is 1. The van der Waals surface area contributed by atoms with Crippen molar-refractivity contribution in [2.24, 2.45) is 0 Å². The monoisotopic (exact) mass is 428 g/mol. The number of hydrogen-bond donors (Lipinski definition) is 2. The molecular weight excluding hydrogens is 407 g/mol. The number of piperidine rings is 1. The van der Waals surface area contributed by atoms with Gasteiger partial charge in [-0.15, -0.1) is 0 Å². The van der Waals surface area contributed by atoms with Crippen LogP contribution in [0, 0.1) is 11.3 Å². The first-order valence-electron chi connectivity index (χ1n) is 10.7. The fourth-order valence-electron chi connectivity index (χ4n) is 4.75. The van der Waals surface area contributed by atoms with Gasteiger partial charge < -0.3 is 15.2 Å². The highest BCUT2D eigenvalue weighted by Crippen LogP contribution is 2.34. The number of rotatable bonds is 5. The minimum atomic E-state index is -0.469. The summed E-state index contributed by atoms with van der Waals surface area (Å²) < 4.78 is 14.2. The summed E-state index contributed by atoms with van der Waals surface area (Å²) in [6.07, 6.45) is 6.41.